The molecule has 6 nitrogen and oxygen atoms in total. The van der Waals surface area contributed by atoms with Crippen LogP contribution in [0.25, 0.3) is 11.3 Å². The molecular weight excluding hydrogens is 487 g/mol. The van der Waals surface area contributed by atoms with Gasteiger partial charge < -0.3 is 20.3 Å². The van der Waals surface area contributed by atoms with Gasteiger partial charge >= 0.3 is 6.36 Å². The first-order valence-electron chi connectivity index (χ1n) is 9.80. The van der Waals surface area contributed by atoms with Crippen LogP contribution >= 0.6 is 15.9 Å². The molecule has 170 valence electrons. The number of nitrogens with one attached hydrogen (secondary N) is 2. The van der Waals surface area contributed by atoms with Gasteiger partial charge in [0, 0.05) is 35.7 Å². The van der Waals surface area contributed by atoms with Crippen LogP contribution in [0.15, 0.2) is 59.1 Å². The number of rotatable bonds is 9. The molecule has 2 N–H and O–H groups in total. The van der Waals surface area contributed by atoms with Crippen molar-refractivity contribution in [2.24, 2.45) is 0 Å². The summed E-state index contributed by atoms with van der Waals surface area (Å²) in [6, 6.07) is 15.3. The highest BCUT2D eigenvalue weighted by Gasteiger charge is 2.31. The number of anilines is 2. The van der Waals surface area contributed by atoms with Crippen molar-refractivity contribution in [3.63, 3.8) is 0 Å². The van der Waals surface area contributed by atoms with Gasteiger partial charge in [0.25, 0.3) is 0 Å². The number of hydrogen-bond donors (Lipinski definition) is 2. The fourth-order valence-corrected chi connectivity index (χ4v) is 3.07. The van der Waals surface area contributed by atoms with Gasteiger partial charge in [0.2, 0.25) is 5.95 Å². The second kappa shape index (κ2) is 10.6. The van der Waals surface area contributed by atoms with Crippen LogP contribution in [-0.2, 0) is 6.54 Å². The molecular formula is C22H23BrF3N5O. The van der Waals surface area contributed by atoms with E-state index in [-0.39, 0.29) is 5.75 Å². The number of likely N-dealkylation sites (N-methyl/N-ethyl adjacent to an activating group) is 1. The van der Waals surface area contributed by atoms with Crippen LogP contribution < -0.4 is 15.4 Å². The van der Waals surface area contributed by atoms with E-state index in [2.05, 4.69) is 41.3 Å². The van der Waals surface area contributed by atoms with Gasteiger partial charge in [-0.3, -0.25) is 0 Å². The Hall–Kier alpha value is -2.85. The molecule has 0 aliphatic carbocycles. The molecule has 32 heavy (non-hydrogen) atoms. The van der Waals surface area contributed by atoms with Crippen LogP contribution in [0.2, 0.25) is 0 Å². The summed E-state index contributed by atoms with van der Waals surface area (Å²) < 4.78 is 42.9. The predicted molar refractivity (Wildman–Crippen MR) is 123 cm³/mol. The third-order valence-electron chi connectivity index (χ3n) is 4.32. The van der Waals surface area contributed by atoms with Crippen LogP contribution in [0.3, 0.4) is 0 Å². The van der Waals surface area contributed by atoms with Crippen molar-refractivity contribution in [1.29, 1.82) is 0 Å². The van der Waals surface area contributed by atoms with Crippen molar-refractivity contribution in [3.05, 3.63) is 64.6 Å². The SMILES string of the molecule is CN(C)CCNc1nc(NCc2ccc(Br)cc2)cc(-c2cccc(OC(F)(F)F)c2)n1. The Morgan fingerprint density at radius 2 is 1.75 bits per heavy atom. The van der Waals surface area contributed by atoms with Gasteiger partial charge in [-0.05, 0) is 43.9 Å². The molecule has 0 radical (unpaired) electrons. The second-order valence-corrected chi connectivity index (χ2v) is 8.16. The lowest BCUT2D eigenvalue weighted by molar-refractivity contribution is -0.274. The molecule has 0 aliphatic rings. The number of benzene rings is 2. The molecule has 0 spiro atoms. The number of hydrogen-bond acceptors (Lipinski definition) is 6. The van der Waals surface area contributed by atoms with E-state index in [1.54, 1.807) is 12.1 Å². The fraction of sp³-hybridized carbons (Fsp3) is 0.273. The van der Waals surface area contributed by atoms with Crippen molar-refractivity contribution >= 4 is 27.7 Å². The minimum Gasteiger partial charge on any atom is -0.406 e. The zero-order chi connectivity index (χ0) is 23.1. The molecule has 0 atom stereocenters. The van der Waals surface area contributed by atoms with Crippen molar-refractivity contribution in [3.8, 4) is 17.0 Å². The molecule has 10 heteroatoms. The van der Waals surface area contributed by atoms with E-state index < -0.39 is 6.36 Å². The van der Waals surface area contributed by atoms with E-state index in [9.17, 15) is 13.2 Å². The molecule has 2 aromatic carbocycles. The van der Waals surface area contributed by atoms with Crippen molar-refractivity contribution in [1.82, 2.24) is 14.9 Å². The summed E-state index contributed by atoms with van der Waals surface area (Å²) >= 11 is 3.41. The van der Waals surface area contributed by atoms with Crippen molar-refractivity contribution < 1.29 is 17.9 Å². The molecule has 0 amide bonds. The quantitative estimate of drug-likeness (QED) is 0.403. The minimum absolute atomic E-state index is 0.305. The molecule has 1 heterocycles. The first-order valence-corrected chi connectivity index (χ1v) is 10.6. The van der Waals surface area contributed by atoms with Crippen LogP contribution in [0, 0.1) is 0 Å². The lowest BCUT2D eigenvalue weighted by atomic mass is 10.1. The first kappa shape index (κ1) is 23.8. The maximum absolute atomic E-state index is 12.6. The first-order chi connectivity index (χ1) is 15.2. The molecule has 0 fully saturated rings. The van der Waals surface area contributed by atoms with E-state index >= 15 is 0 Å². The Morgan fingerprint density at radius 1 is 1.00 bits per heavy atom. The average molecular weight is 510 g/mol. The third-order valence-corrected chi connectivity index (χ3v) is 4.85. The predicted octanol–water partition coefficient (Wildman–Crippen LogP) is 5.39. The van der Waals surface area contributed by atoms with Crippen LogP contribution in [0.5, 0.6) is 5.75 Å². The normalized spacial score (nSPS) is 11.5. The van der Waals surface area contributed by atoms with E-state index in [1.807, 2.05) is 43.3 Å². The number of nitrogens with zero attached hydrogens (tertiary/aromatic N) is 3. The molecule has 0 aliphatic heterocycles. The van der Waals surface area contributed by atoms with Crippen LogP contribution in [-0.4, -0.2) is 48.4 Å². The highest BCUT2D eigenvalue weighted by Crippen LogP contribution is 2.28. The minimum atomic E-state index is -4.76. The van der Waals surface area contributed by atoms with E-state index in [0.717, 1.165) is 16.6 Å². The summed E-state index contributed by atoms with van der Waals surface area (Å²) in [5, 5.41) is 6.42. The summed E-state index contributed by atoms with van der Waals surface area (Å²) in [4.78, 5) is 11.0. The smallest absolute Gasteiger partial charge is 0.406 e. The lowest BCUT2D eigenvalue weighted by Gasteiger charge is -2.14. The maximum Gasteiger partial charge on any atom is 0.573 e. The van der Waals surface area contributed by atoms with E-state index in [1.165, 1.54) is 18.2 Å². The fourth-order valence-electron chi connectivity index (χ4n) is 2.80. The summed E-state index contributed by atoms with van der Waals surface area (Å²) in [6.07, 6.45) is -4.76. The van der Waals surface area contributed by atoms with E-state index in [0.29, 0.717) is 36.1 Å². The summed E-state index contributed by atoms with van der Waals surface area (Å²) in [6.45, 7) is 1.90. The molecule has 0 saturated heterocycles. The van der Waals surface area contributed by atoms with Crippen LogP contribution in [0.1, 0.15) is 5.56 Å². The molecule has 0 saturated carbocycles. The lowest BCUT2D eigenvalue weighted by Crippen LogP contribution is -2.21. The van der Waals surface area contributed by atoms with Gasteiger partial charge in [-0.25, -0.2) is 4.98 Å². The largest absolute Gasteiger partial charge is 0.573 e. The average Bonchev–Trinajstić information content (AvgIpc) is 2.72. The second-order valence-electron chi connectivity index (χ2n) is 7.25. The van der Waals surface area contributed by atoms with Gasteiger partial charge in [0.15, 0.2) is 0 Å². The highest BCUT2D eigenvalue weighted by atomic mass is 79.9. The Balaban J connectivity index is 1.85. The summed E-state index contributed by atoms with van der Waals surface area (Å²) in [5.74, 6) is 0.623. The monoisotopic (exact) mass is 509 g/mol. The molecule has 0 bridgehead atoms. The topological polar surface area (TPSA) is 62.3 Å². The number of halogens is 4. The third kappa shape index (κ3) is 7.69. The molecule has 3 rings (SSSR count). The van der Waals surface area contributed by atoms with Crippen molar-refractivity contribution in [2.45, 2.75) is 12.9 Å². The Labute approximate surface area is 193 Å². The maximum atomic E-state index is 12.6. The molecule has 3 aromatic rings. The molecule has 1 aromatic heterocycles. The highest BCUT2D eigenvalue weighted by molar-refractivity contribution is 9.10. The zero-order valence-electron chi connectivity index (χ0n) is 17.6. The Kier molecular flexibility index (Phi) is 7.92. The van der Waals surface area contributed by atoms with Gasteiger partial charge in [0.1, 0.15) is 11.6 Å². The van der Waals surface area contributed by atoms with Gasteiger partial charge in [-0.1, -0.05) is 40.2 Å². The number of ether oxygens (including phenoxy) is 1. The Morgan fingerprint density at radius 3 is 2.44 bits per heavy atom. The van der Waals surface area contributed by atoms with Crippen molar-refractivity contribution in [2.75, 3.05) is 37.8 Å². The summed E-state index contributed by atoms with van der Waals surface area (Å²) in [7, 11) is 3.91. The van der Waals surface area contributed by atoms with E-state index in [4.69, 9.17) is 0 Å². The number of alkyl halides is 3. The summed E-state index contributed by atoms with van der Waals surface area (Å²) in [5.41, 5.74) is 2.01. The van der Waals surface area contributed by atoms with Gasteiger partial charge in [0.05, 0.1) is 5.69 Å². The number of aromatic nitrogens is 2. The van der Waals surface area contributed by atoms with Crippen LogP contribution in [0.4, 0.5) is 24.9 Å². The van der Waals surface area contributed by atoms with Gasteiger partial charge in [-0.15, -0.1) is 13.2 Å². The Bertz CT molecular complexity index is 1030. The molecule has 0 unspecified atom stereocenters. The zero-order valence-corrected chi connectivity index (χ0v) is 19.2. The van der Waals surface area contributed by atoms with Gasteiger partial charge in [-0.2, -0.15) is 4.98 Å². The standard InChI is InChI=1S/C22H23BrF3N5O/c1-31(2)11-10-27-21-29-19(16-4-3-5-18(12-16)32-22(24,25)26)13-20(30-21)28-14-15-6-8-17(23)9-7-15/h3-9,12-13H,10-11,14H2,1-2H3,(H2,27,28,29,30).